The fraction of sp³-hybridized carbons (Fsp3) is 0.625. The Morgan fingerprint density at radius 2 is 1.89 bits per heavy atom. The van der Waals surface area contributed by atoms with E-state index in [0.29, 0.717) is 12.5 Å². The molecule has 19 heavy (non-hydrogen) atoms. The van der Waals surface area contributed by atoms with Crippen molar-refractivity contribution in [3.8, 4) is 5.75 Å². The van der Waals surface area contributed by atoms with Crippen LogP contribution in [0.15, 0.2) is 24.3 Å². The third-order valence-corrected chi connectivity index (χ3v) is 3.41. The minimum Gasteiger partial charge on any atom is -0.494 e. The van der Waals surface area contributed by atoms with Crippen LogP contribution < -0.4 is 15.8 Å². The summed E-state index contributed by atoms with van der Waals surface area (Å²) in [6.07, 6.45) is 0. The summed E-state index contributed by atoms with van der Waals surface area (Å²) in [7, 11) is 0. The second-order valence-electron chi connectivity index (χ2n) is 5.81. The summed E-state index contributed by atoms with van der Waals surface area (Å²) in [5, 5.41) is 3.50. The number of ether oxygens (including phenoxy) is 1. The molecule has 1 unspecified atom stereocenters. The molecule has 0 aliphatic rings. The summed E-state index contributed by atoms with van der Waals surface area (Å²) in [6.45, 7) is 12.0. The molecule has 0 aliphatic carbocycles. The molecule has 1 rings (SSSR count). The highest BCUT2D eigenvalue weighted by atomic mass is 16.5. The van der Waals surface area contributed by atoms with Gasteiger partial charge in [0.1, 0.15) is 5.75 Å². The monoisotopic (exact) mass is 264 g/mol. The van der Waals surface area contributed by atoms with Gasteiger partial charge in [-0.25, -0.2) is 0 Å². The number of rotatable bonds is 8. The molecule has 1 aromatic rings. The fourth-order valence-electron chi connectivity index (χ4n) is 1.99. The normalized spacial score (nSPS) is 13.3. The van der Waals surface area contributed by atoms with Crippen molar-refractivity contribution in [3.63, 3.8) is 0 Å². The van der Waals surface area contributed by atoms with E-state index in [9.17, 15) is 0 Å². The van der Waals surface area contributed by atoms with Crippen molar-refractivity contribution in [2.45, 2.75) is 33.1 Å². The number of nitrogens with two attached hydrogens (primary N) is 1. The Labute approximate surface area is 117 Å². The molecule has 0 spiro atoms. The number of benzene rings is 1. The standard InChI is InChI=1S/C16H28N2O/c1-5-19-15-8-6-14(7-9-15)16(3,4)12-18-11-13(2)10-17/h6-9,13,18H,5,10-12,17H2,1-4H3. The van der Waals surface area contributed by atoms with Crippen LogP contribution in [0.25, 0.3) is 0 Å². The van der Waals surface area contributed by atoms with Crippen molar-refractivity contribution in [2.75, 3.05) is 26.2 Å². The van der Waals surface area contributed by atoms with Gasteiger partial charge < -0.3 is 15.8 Å². The molecule has 108 valence electrons. The van der Waals surface area contributed by atoms with Crippen LogP contribution in [0, 0.1) is 5.92 Å². The molecular formula is C16H28N2O. The lowest BCUT2D eigenvalue weighted by molar-refractivity contribution is 0.340. The maximum Gasteiger partial charge on any atom is 0.119 e. The minimum absolute atomic E-state index is 0.110. The Hall–Kier alpha value is -1.06. The minimum atomic E-state index is 0.110. The molecule has 0 fully saturated rings. The van der Waals surface area contributed by atoms with Gasteiger partial charge in [-0.05, 0) is 43.6 Å². The highest BCUT2D eigenvalue weighted by Gasteiger charge is 2.20. The molecular weight excluding hydrogens is 236 g/mol. The van der Waals surface area contributed by atoms with Gasteiger partial charge in [-0.15, -0.1) is 0 Å². The van der Waals surface area contributed by atoms with Gasteiger partial charge in [0.2, 0.25) is 0 Å². The molecule has 0 saturated carbocycles. The number of hydrogen-bond acceptors (Lipinski definition) is 3. The van der Waals surface area contributed by atoms with Gasteiger partial charge in [0.05, 0.1) is 6.61 Å². The zero-order valence-corrected chi connectivity index (χ0v) is 12.7. The van der Waals surface area contributed by atoms with Crippen molar-refractivity contribution in [2.24, 2.45) is 11.7 Å². The Bertz CT molecular complexity index is 360. The molecule has 1 aromatic carbocycles. The van der Waals surface area contributed by atoms with Crippen molar-refractivity contribution >= 4 is 0 Å². The van der Waals surface area contributed by atoms with Gasteiger partial charge in [-0.3, -0.25) is 0 Å². The summed E-state index contributed by atoms with van der Waals surface area (Å²) < 4.78 is 5.47. The van der Waals surface area contributed by atoms with Crippen LogP contribution in [0.4, 0.5) is 0 Å². The molecule has 3 N–H and O–H groups in total. The van der Waals surface area contributed by atoms with Gasteiger partial charge >= 0.3 is 0 Å². The molecule has 3 nitrogen and oxygen atoms in total. The van der Waals surface area contributed by atoms with Gasteiger partial charge in [0.25, 0.3) is 0 Å². The SMILES string of the molecule is CCOc1ccc(C(C)(C)CNCC(C)CN)cc1. The van der Waals surface area contributed by atoms with E-state index in [1.165, 1.54) is 5.56 Å². The molecule has 0 aromatic heterocycles. The van der Waals surface area contributed by atoms with Crippen molar-refractivity contribution in [1.29, 1.82) is 0 Å². The molecule has 3 heteroatoms. The van der Waals surface area contributed by atoms with E-state index >= 15 is 0 Å². The van der Waals surface area contributed by atoms with Crippen LogP contribution in [0.5, 0.6) is 5.75 Å². The van der Waals surface area contributed by atoms with Crippen LogP contribution >= 0.6 is 0 Å². The topological polar surface area (TPSA) is 47.3 Å². The summed E-state index contributed by atoms with van der Waals surface area (Å²) in [5.74, 6) is 1.46. The lowest BCUT2D eigenvalue weighted by atomic mass is 9.84. The average Bonchev–Trinajstić information content (AvgIpc) is 2.39. The van der Waals surface area contributed by atoms with E-state index < -0.39 is 0 Å². The summed E-state index contributed by atoms with van der Waals surface area (Å²) in [5.41, 5.74) is 7.06. The molecule has 0 aliphatic heterocycles. The van der Waals surface area contributed by atoms with Gasteiger partial charge in [0, 0.05) is 12.0 Å². The fourth-order valence-corrected chi connectivity index (χ4v) is 1.99. The summed E-state index contributed by atoms with van der Waals surface area (Å²) in [4.78, 5) is 0. The zero-order chi connectivity index (χ0) is 14.3. The molecule has 0 saturated heterocycles. The predicted octanol–water partition coefficient (Wildman–Crippen LogP) is 2.55. The first-order valence-electron chi connectivity index (χ1n) is 7.13. The van der Waals surface area contributed by atoms with E-state index in [-0.39, 0.29) is 5.41 Å². The van der Waals surface area contributed by atoms with Crippen molar-refractivity contribution < 1.29 is 4.74 Å². The van der Waals surface area contributed by atoms with E-state index in [4.69, 9.17) is 10.5 Å². The van der Waals surface area contributed by atoms with Crippen LogP contribution in [0.1, 0.15) is 33.3 Å². The Morgan fingerprint density at radius 1 is 1.26 bits per heavy atom. The van der Waals surface area contributed by atoms with Gasteiger partial charge in [0.15, 0.2) is 0 Å². The largest absolute Gasteiger partial charge is 0.494 e. The second-order valence-corrected chi connectivity index (χ2v) is 5.81. The van der Waals surface area contributed by atoms with Crippen LogP contribution in [-0.4, -0.2) is 26.2 Å². The summed E-state index contributed by atoms with van der Waals surface area (Å²) in [6, 6.07) is 8.39. The molecule has 0 heterocycles. The maximum absolute atomic E-state index is 5.62. The van der Waals surface area contributed by atoms with E-state index in [1.54, 1.807) is 0 Å². The smallest absolute Gasteiger partial charge is 0.119 e. The highest BCUT2D eigenvalue weighted by Crippen LogP contribution is 2.24. The third kappa shape index (κ3) is 5.21. The average molecular weight is 264 g/mol. The lowest BCUT2D eigenvalue weighted by Crippen LogP contribution is -2.36. The van der Waals surface area contributed by atoms with E-state index in [1.807, 2.05) is 19.1 Å². The van der Waals surface area contributed by atoms with Crippen molar-refractivity contribution in [3.05, 3.63) is 29.8 Å². The molecule has 1 atom stereocenters. The Balaban J connectivity index is 2.55. The predicted molar refractivity (Wildman–Crippen MR) is 81.7 cm³/mol. The van der Waals surface area contributed by atoms with Gasteiger partial charge in [-0.1, -0.05) is 32.9 Å². The van der Waals surface area contributed by atoms with E-state index in [0.717, 1.165) is 25.4 Å². The summed E-state index contributed by atoms with van der Waals surface area (Å²) >= 11 is 0. The number of hydrogen-bond donors (Lipinski definition) is 2. The first-order chi connectivity index (χ1) is 8.99. The van der Waals surface area contributed by atoms with Crippen LogP contribution in [0.2, 0.25) is 0 Å². The zero-order valence-electron chi connectivity index (χ0n) is 12.7. The maximum atomic E-state index is 5.62. The second kappa shape index (κ2) is 7.51. The Morgan fingerprint density at radius 3 is 2.42 bits per heavy atom. The first-order valence-corrected chi connectivity index (χ1v) is 7.13. The molecule has 0 bridgehead atoms. The third-order valence-electron chi connectivity index (χ3n) is 3.41. The quantitative estimate of drug-likeness (QED) is 0.758. The van der Waals surface area contributed by atoms with Crippen molar-refractivity contribution in [1.82, 2.24) is 5.32 Å². The lowest BCUT2D eigenvalue weighted by Gasteiger charge is -2.26. The van der Waals surface area contributed by atoms with E-state index in [2.05, 4.69) is 38.2 Å². The highest BCUT2D eigenvalue weighted by molar-refractivity contribution is 5.31. The molecule has 0 amide bonds. The first kappa shape index (κ1) is 16.0. The number of nitrogens with one attached hydrogen (secondary N) is 1. The van der Waals surface area contributed by atoms with Crippen LogP contribution in [0.3, 0.4) is 0 Å². The van der Waals surface area contributed by atoms with Crippen LogP contribution in [-0.2, 0) is 5.41 Å². The Kier molecular flexibility index (Phi) is 6.32. The molecule has 0 radical (unpaired) electrons. The van der Waals surface area contributed by atoms with Gasteiger partial charge in [-0.2, -0.15) is 0 Å².